The third-order valence-corrected chi connectivity index (χ3v) is 4.83. The van der Waals surface area contributed by atoms with Crippen LogP contribution in [-0.4, -0.2) is 48.3 Å². The van der Waals surface area contributed by atoms with Crippen molar-refractivity contribution in [2.24, 2.45) is 0 Å². The molecule has 0 bridgehead atoms. The lowest BCUT2D eigenvalue weighted by atomic mass is 9.87. The topological polar surface area (TPSA) is 84.4 Å². The zero-order valence-corrected chi connectivity index (χ0v) is 13.8. The van der Waals surface area contributed by atoms with Crippen LogP contribution in [0.5, 0.6) is 0 Å². The van der Waals surface area contributed by atoms with Crippen LogP contribution in [0.4, 0.5) is 5.95 Å². The zero-order chi connectivity index (χ0) is 16.8. The van der Waals surface area contributed by atoms with E-state index >= 15 is 0 Å². The first-order chi connectivity index (χ1) is 12.3. The maximum Gasteiger partial charge on any atom is 0.241 e. The summed E-state index contributed by atoms with van der Waals surface area (Å²) in [5.41, 5.74) is 3.63. The van der Waals surface area contributed by atoms with Crippen LogP contribution in [0.1, 0.15) is 12.8 Å². The van der Waals surface area contributed by atoms with Gasteiger partial charge in [0, 0.05) is 36.2 Å². The van der Waals surface area contributed by atoms with E-state index in [4.69, 9.17) is 0 Å². The van der Waals surface area contributed by atoms with Gasteiger partial charge >= 0.3 is 0 Å². The lowest BCUT2D eigenvalue weighted by Crippen LogP contribution is -2.46. The maximum atomic E-state index is 4.60. The van der Waals surface area contributed by atoms with E-state index in [9.17, 15) is 0 Å². The van der Waals surface area contributed by atoms with Crippen molar-refractivity contribution >= 4 is 17.1 Å². The molecule has 0 aromatic carbocycles. The Hall–Kier alpha value is -3.00. The van der Waals surface area contributed by atoms with Gasteiger partial charge in [0.25, 0.3) is 0 Å². The normalized spacial score (nSPS) is 20.0. The quantitative estimate of drug-likeness (QED) is 0.590. The molecule has 126 valence electrons. The van der Waals surface area contributed by atoms with Gasteiger partial charge in [0.05, 0.1) is 17.4 Å². The number of rotatable bonds is 4. The summed E-state index contributed by atoms with van der Waals surface area (Å²) >= 11 is 0. The molecule has 0 aliphatic heterocycles. The third kappa shape index (κ3) is 2.42. The fourth-order valence-electron chi connectivity index (χ4n) is 3.30. The molecule has 4 heterocycles. The monoisotopic (exact) mass is 334 g/mol. The van der Waals surface area contributed by atoms with Crippen LogP contribution < -0.4 is 10.6 Å². The van der Waals surface area contributed by atoms with Crippen LogP contribution >= 0.6 is 0 Å². The molecule has 0 spiro atoms. The number of hydrogen-bond donors (Lipinski definition) is 2. The van der Waals surface area contributed by atoms with Crippen molar-refractivity contribution in [1.82, 2.24) is 34.5 Å². The number of nitrogens with one attached hydrogen (secondary N) is 2. The van der Waals surface area contributed by atoms with Crippen LogP contribution in [0, 0.1) is 0 Å². The molecule has 0 radical (unpaired) electrons. The van der Waals surface area contributed by atoms with Crippen molar-refractivity contribution in [2.75, 3.05) is 12.4 Å². The Bertz CT molecular complexity index is 1040. The number of hydrogen-bond acceptors (Lipinski definition) is 6. The SMILES string of the molecule is CNC1CC(Nc2ncc3c(-c4ccc5nccn5n4)ccn3n2)C1. The van der Waals surface area contributed by atoms with Gasteiger partial charge in [-0.1, -0.05) is 0 Å². The minimum absolute atomic E-state index is 0.440. The van der Waals surface area contributed by atoms with Crippen LogP contribution in [0.2, 0.25) is 0 Å². The Kier molecular flexibility index (Phi) is 3.17. The second kappa shape index (κ2) is 5.52. The largest absolute Gasteiger partial charge is 0.350 e. The Morgan fingerprint density at radius 3 is 2.80 bits per heavy atom. The molecule has 0 amide bonds. The minimum atomic E-state index is 0.440. The molecular weight excluding hydrogens is 316 g/mol. The molecule has 0 saturated heterocycles. The van der Waals surface area contributed by atoms with Crippen LogP contribution in [0.25, 0.3) is 22.4 Å². The van der Waals surface area contributed by atoms with Gasteiger partial charge in [0.2, 0.25) is 5.95 Å². The summed E-state index contributed by atoms with van der Waals surface area (Å²) in [6.45, 7) is 0. The fourth-order valence-corrected chi connectivity index (χ4v) is 3.30. The van der Waals surface area contributed by atoms with Gasteiger partial charge < -0.3 is 10.6 Å². The van der Waals surface area contributed by atoms with E-state index in [1.165, 1.54) is 0 Å². The number of fused-ring (bicyclic) bond motifs is 2. The van der Waals surface area contributed by atoms with E-state index in [-0.39, 0.29) is 0 Å². The lowest BCUT2D eigenvalue weighted by molar-refractivity contribution is 0.325. The summed E-state index contributed by atoms with van der Waals surface area (Å²) < 4.78 is 3.61. The highest BCUT2D eigenvalue weighted by atomic mass is 15.3. The Morgan fingerprint density at radius 1 is 1.00 bits per heavy atom. The molecule has 8 heteroatoms. The highest BCUT2D eigenvalue weighted by Gasteiger charge is 2.28. The average Bonchev–Trinajstić information content (AvgIpc) is 3.23. The highest BCUT2D eigenvalue weighted by molar-refractivity contribution is 5.78. The number of imidazole rings is 1. The summed E-state index contributed by atoms with van der Waals surface area (Å²) in [6, 6.07) is 6.98. The molecule has 8 nitrogen and oxygen atoms in total. The molecule has 0 unspecified atom stereocenters. The van der Waals surface area contributed by atoms with Crippen LogP contribution in [-0.2, 0) is 0 Å². The molecule has 1 saturated carbocycles. The Labute approximate surface area is 143 Å². The Balaban J connectivity index is 1.45. The van der Waals surface area contributed by atoms with Crippen LogP contribution in [0.15, 0.2) is 43.0 Å². The standard InChI is InChI=1S/C17H18N8/c1-18-11-8-12(9-11)21-17-20-10-15-13(4-6-24(15)23-17)14-2-3-16-19-5-7-25(16)22-14/h2-7,10-12,18H,8-9H2,1H3,(H,21,23). The minimum Gasteiger partial charge on any atom is -0.350 e. The van der Waals surface area contributed by atoms with E-state index < -0.39 is 0 Å². The second-order valence-electron chi connectivity index (χ2n) is 6.39. The maximum absolute atomic E-state index is 4.60. The van der Waals surface area contributed by atoms with Gasteiger partial charge in [0.1, 0.15) is 0 Å². The van der Waals surface area contributed by atoms with Crippen molar-refractivity contribution in [2.45, 2.75) is 24.9 Å². The van der Waals surface area contributed by atoms with Gasteiger partial charge in [-0.3, -0.25) is 0 Å². The summed E-state index contributed by atoms with van der Waals surface area (Å²) in [4.78, 5) is 8.71. The molecule has 1 fully saturated rings. The summed E-state index contributed by atoms with van der Waals surface area (Å²) in [7, 11) is 2.00. The molecule has 0 atom stereocenters. The summed E-state index contributed by atoms with van der Waals surface area (Å²) in [5.74, 6) is 0.659. The highest BCUT2D eigenvalue weighted by Crippen LogP contribution is 2.25. The van der Waals surface area contributed by atoms with Crippen molar-refractivity contribution < 1.29 is 0 Å². The first-order valence-electron chi connectivity index (χ1n) is 8.39. The molecule has 5 rings (SSSR count). The van der Waals surface area contributed by atoms with Crippen molar-refractivity contribution in [3.05, 3.63) is 43.0 Å². The number of anilines is 1. The average molecular weight is 334 g/mol. The van der Waals surface area contributed by atoms with E-state index in [0.717, 1.165) is 35.3 Å². The molecule has 1 aliphatic carbocycles. The zero-order valence-electron chi connectivity index (χ0n) is 13.8. The van der Waals surface area contributed by atoms with E-state index in [1.54, 1.807) is 10.7 Å². The first kappa shape index (κ1) is 14.4. The third-order valence-electron chi connectivity index (χ3n) is 4.83. The predicted molar refractivity (Wildman–Crippen MR) is 94.5 cm³/mol. The lowest BCUT2D eigenvalue weighted by Gasteiger charge is -2.35. The summed E-state index contributed by atoms with van der Waals surface area (Å²) in [6.07, 6.45) is 9.57. The molecule has 4 aromatic heterocycles. The smallest absolute Gasteiger partial charge is 0.241 e. The molecule has 1 aliphatic rings. The van der Waals surface area contributed by atoms with Crippen molar-refractivity contribution in [1.29, 1.82) is 0 Å². The van der Waals surface area contributed by atoms with E-state index in [1.807, 2.05) is 48.4 Å². The van der Waals surface area contributed by atoms with Gasteiger partial charge in [-0.15, -0.1) is 5.10 Å². The van der Waals surface area contributed by atoms with E-state index in [0.29, 0.717) is 18.0 Å². The second-order valence-corrected chi connectivity index (χ2v) is 6.39. The number of aromatic nitrogens is 6. The summed E-state index contributed by atoms with van der Waals surface area (Å²) in [5, 5.41) is 15.8. The first-order valence-corrected chi connectivity index (χ1v) is 8.39. The molecule has 25 heavy (non-hydrogen) atoms. The molecule has 4 aromatic rings. The predicted octanol–water partition coefficient (Wildman–Crippen LogP) is 1.60. The van der Waals surface area contributed by atoms with Gasteiger partial charge in [-0.25, -0.2) is 19.0 Å². The molecular formula is C17H18N8. The van der Waals surface area contributed by atoms with E-state index in [2.05, 4.69) is 30.8 Å². The van der Waals surface area contributed by atoms with Crippen molar-refractivity contribution in [3.63, 3.8) is 0 Å². The number of nitrogens with zero attached hydrogens (tertiary/aromatic N) is 6. The molecule has 2 N–H and O–H groups in total. The fraction of sp³-hybridized carbons (Fsp3) is 0.294. The Morgan fingerprint density at radius 2 is 1.92 bits per heavy atom. The van der Waals surface area contributed by atoms with Gasteiger partial charge in [0.15, 0.2) is 5.65 Å². The van der Waals surface area contributed by atoms with Crippen LogP contribution in [0.3, 0.4) is 0 Å². The van der Waals surface area contributed by atoms with Gasteiger partial charge in [-0.05, 0) is 38.1 Å². The van der Waals surface area contributed by atoms with Crippen molar-refractivity contribution in [3.8, 4) is 11.3 Å². The van der Waals surface area contributed by atoms with Gasteiger partial charge in [-0.2, -0.15) is 5.10 Å².